The lowest BCUT2D eigenvalue weighted by Crippen LogP contribution is -2.10. The highest BCUT2D eigenvalue weighted by molar-refractivity contribution is 7.11. The SMILES string of the molecule is CCc1nc(CC2CCNC2)sc1CC. The van der Waals surface area contributed by atoms with Crippen molar-refractivity contribution in [1.82, 2.24) is 10.3 Å². The predicted octanol–water partition coefficient (Wildman–Crippen LogP) is 2.42. The number of hydrogen-bond donors (Lipinski definition) is 1. The number of thiazole rings is 1. The fraction of sp³-hybridized carbons (Fsp3) is 0.750. The second-order valence-electron chi connectivity index (χ2n) is 4.25. The first-order valence-corrected chi connectivity index (χ1v) is 6.83. The zero-order valence-corrected chi connectivity index (χ0v) is 10.5. The summed E-state index contributed by atoms with van der Waals surface area (Å²) in [6.45, 7) is 6.81. The third-order valence-corrected chi connectivity index (χ3v) is 4.37. The van der Waals surface area contributed by atoms with Crippen molar-refractivity contribution in [2.45, 2.75) is 39.5 Å². The quantitative estimate of drug-likeness (QED) is 0.849. The first-order valence-electron chi connectivity index (χ1n) is 6.01. The van der Waals surface area contributed by atoms with E-state index in [1.165, 1.54) is 41.5 Å². The van der Waals surface area contributed by atoms with Crippen LogP contribution in [0.2, 0.25) is 0 Å². The Labute approximate surface area is 96.1 Å². The van der Waals surface area contributed by atoms with E-state index in [1.54, 1.807) is 0 Å². The first kappa shape index (κ1) is 11.1. The van der Waals surface area contributed by atoms with Gasteiger partial charge in [0.1, 0.15) is 0 Å². The molecule has 2 rings (SSSR count). The maximum absolute atomic E-state index is 4.75. The van der Waals surface area contributed by atoms with Gasteiger partial charge >= 0.3 is 0 Å². The van der Waals surface area contributed by atoms with Crippen molar-refractivity contribution < 1.29 is 0 Å². The van der Waals surface area contributed by atoms with E-state index in [4.69, 9.17) is 4.98 Å². The third-order valence-electron chi connectivity index (χ3n) is 3.10. The summed E-state index contributed by atoms with van der Waals surface area (Å²) >= 11 is 1.93. The van der Waals surface area contributed by atoms with Crippen LogP contribution < -0.4 is 5.32 Å². The normalized spacial score (nSPS) is 21.1. The maximum Gasteiger partial charge on any atom is 0.0934 e. The zero-order chi connectivity index (χ0) is 10.7. The van der Waals surface area contributed by atoms with E-state index in [1.807, 2.05) is 11.3 Å². The Morgan fingerprint density at radius 1 is 1.40 bits per heavy atom. The topological polar surface area (TPSA) is 24.9 Å². The number of aromatic nitrogens is 1. The molecule has 1 aliphatic heterocycles. The van der Waals surface area contributed by atoms with Crippen molar-refractivity contribution >= 4 is 11.3 Å². The van der Waals surface area contributed by atoms with Crippen molar-refractivity contribution in [3.63, 3.8) is 0 Å². The molecule has 0 saturated carbocycles. The summed E-state index contributed by atoms with van der Waals surface area (Å²) in [5.74, 6) is 0.825. The van der Waals surface area contributed by atoms with Crippen LogP contribution in [0.5, 0.6) is 0 Å². The van der Waals surface area contributed by atoms with Crippen LogP contribution in [0.1, 0.15) is 35.8 Å². The highest BCUT2D eigenvalue weighted by Crippen LogP contribution is 2.23. The summed E-state index contributed by atoms with van der Waals surface area (Å²) < 4.78 is 0. The lowest BCUT2D eigenvalue weighted by Gasteiger charge is -2.03. The number of hydrogen-bond acceptors (Lipinski definition) is 3. The summed E-state index contributed by atoms with van der Waals surface area (Å²) in [4.78, 5) is 6.25. The van der Waals surface area contributed by atoms with Gasteiger partial charge in [-0.3, -0.25) is 0 Å². The number of nitrogens with one attached hydrogen (secondary N) is 1. The minimum atomic E-state index is 0.825. The van der Waals surface area contributed by atoms with Crippen LogP contribution in [0.15, 0.2) is 0 Å². The number of aryl methyl sites for hydroxylation is 2. The van der Waals surface area contributed by atoms with Gasteiger partial charge in [0.15, 0.2) is 0 Å². The molecule has 1 atom stereocenters. The number of rotatable bonds is 4. The molecule has 84 valence electrons. The molecular formula is C12H20N2S. The van der Waals surface area contributed by atoms with Gasteiger partial charge in [0, 0.05) is 11.3 Å². The molecule has 1 fully saturated rings. The molecule has 1 aliphatic rings. The maximum atomic E-state index is 4.75. The summed E-state index contributed by atoms with van der Waals surface area (Å²) in [5.41, 5.74) is 1.34. The van der Waals surface area contributed by atoms with Gasteiger partial charge in [0.2, 0.25) is 0 Å². The molecule has 1 aromatic heterocycles. The van der Waals surface area contributed by atoms with Crippen LogP contribution >= 0.6 is 11.3 Å². The molecule has 15 heavy (non-hydrogen) atoms. The zero-order valence-electron chi connectivity index (χ0n) is 9.68. The van der Waals surface area contributed by atoms with Crippen molar-refractivity contribution in [2.24, 2.45) is 5.92 Å². The lowest BCUT2D eigenvalue weighted by molar-refractivity contribution is 0.577. The Hall–Kier alpha value is -0.410. The molecule has 0 radical (unpaired) electrons. The molecule has 0 amide bonds. The minimum absolute atomic E-state index is 0.825. The smallest absolute Gasteiger partial charge is 0.0934 e. The number of nitrogens with zero attached hydrogens (tertiary/aromatic N) is 1. The van der Waals surface area contributed by atoms with Gasteiger partial charge in [-0.1, -0.05) is 13.8 Å². The second-order valence-corrected chi connectivity index (χ2v) is 5.42. The molecule has 0 bridgehead atoms. The van der Waals surface area contributed by atoms with Crippen LogP contribution in [-0.4, -0.2) is 18.1 Å². The highest BCUT2D eigenvalue weighted by atomic mass is 32.1. The van der Waals surface area contributed by atoms with Gasteiger partial charge < -0.3 is 5.32 Å². The Bertz CT molecular complexity index is 292. The average molecular weight is 224 g/mol. The Kier molecular flexibility index (Phi) is 3.76. The van der Waals surface area contributed by atoms with Crippen LogP contribution in [0.25, 0.3) is 0 Å². The second kappa shape index (κ2) is 5.08. The van der Waals surface area contributed by atoms with E-state index >= 15 is 0 Å². The molecule has 1 saturated heterocycles. The molecule has 0 aromatic carbocycles. The van der Waals surface area contributed by atoms with Gasteiger partial charge in [-0.25, -0.2) is 4.98 Å². The molecule has 1 unspecified atom stereocenters. The monoisotopic (exact) mass is 224 g/mol. The third kappa shape index (κ3) is 2.58. The van der Waals surface area contributed by atoms with Crippen LogP contribution in [0.4, 0.5) is 0 Å². The predicted molar refractivity (Wildman–Crippen MR) is 65.6 cm³/mol. The van der Waals surface area contributed by atoms with E-state index in [0.717, 1.165) is 18.8 Å². The average Bonchev–Trinajstić information content (AvgIpc) is 2.87. The molecule has 3 heteroatoms. The van der Waals surface area contributed by atoms with Gasteiger partial charge in [-0.05, 0) is 38.3 Å². The standard InChI is InChI=1S/C12H20N2S/c1-3-10-11(4-2)15-12(14-10)7-9-5-6-13-8-9/h9,13H,3-8H2,1-2H3. The van der Waals surface area contributed by atoms with Crippen molar-refractivity contribution in [2.75, 3.05) is 13.1 Å². The molecule has 1 aromatic rings. The molecule has 1 N–H and O–H groups in total. The summed E-state index contributed by atoms with van der Waals surface area (Å²) in [7, 11) is 0. The van der Waals surface area contributed by atoms with Gasteiger partial charge in [0.25, 0.3) is 0 Å². The molecular weight excluding hydrogens is 204 g/mol. The Morgan fingerprint density at radius 2 is 2.27 bits per heavy atom. The summed E-state index contributed by atoms with van der Waals surface area (Å²) in [6.07, 6.45) is 4.74. The van der Waals surface area contributed by atoms with E-state index in [-0.39, 0.29) is 0 Å². The van der Waals surface area contributed by atoms with E-state index in [9.17, 15) is 0 Å². The van der Waals surface area contributed by atoms with Gasteiger partial charge in [-0.15, -0.1) is 11.3 Å². The van der Waals surface area contributed by atoms with Gasteiger partial charge in [-0.2, -0.15) is 0 Å². The van der Waals surface area contributed by atoms with Crippen LogP contribution in [0.3, 0.4) is 0 Å². The van der Waals surface area contributed by atoms with E-state index < -0.39 is 0 Å². The lowest BCUT2D eigenvalue weighted by atomic mass is 10.1. The molecule has 0 spiro atoms. The first-order chi connectivity index (χ1) is 7.33. The van der Waals surface area contributed by atoms with Crippen LogP contribution in [-0.2, 0) is 19.3 Å². The van der Waals surface area contributed by atoms with Crippen molar-refractivity contribution in [3.8, 4) is 0 Å². The fourth-order valence-corrected chi connectivity index (χ4v) is 3.42. The summed E-state index contributed by atoms with van der Waals surface area (Å²) in [6, 6.07) is 0. The Morgan fingerprint density at radius 3 is 2.80 bits per heavy atom. The van der Waals surface area contributed by atoms with E-state index in [2.05, 4.69) is 19.2 Å². The molecule has 0 aliphatic carbocycles. The largest absolute Gasteiger partial charge is 0.316 e. The van der Waals surface area contributed by atoms with Crippen molar-refractivity contribution in [3.05, 3.63) is 15.6 Å². The summed E-state index contributed by atoms with van der Waals surface area (Å²) in [5, 5.41) is 4.78. The Balaban J connectivity index is 2.04. The molecule has 2 nitrogen and oxygen atoms in total. The molecule has 2 heterocycles. The fourth-order valence-electron chi connectivity index (χ4n) is 2.21. The van der Waals surface area contributed by atoms with Crippen molar-refractivity contribution in [1.29, 1.82) is 0 Å². The minimum Gasteiger partial charge on any atom is -0.316 e. The highest BCUT2D eigenvalue weighted by Gasteiger charge is 2.17. The van der Waals surface area contributed by atoms with E-state index in [0.29, 0.717) is 0 Å². The van der Waals surface area contributed by atoms with Crippen LogP contribution in [0, 0.1) is 5.92 Å². The van der Waals surface area contributed by atoms with Gasteiger partial charge in [0.05, 0.1) is 10.7 Å².